The largest absolute Gasteiger partial charge is 0.339 e. The Morgan fingerprint density at radius 3 is 3.16 bits per heavy atom. The molecular formula is C15H19FN2O. The van der Waals surface area contributed by atoms with E-state index in [0.29, 0.717) is 11.5 Å². The maximum Gasteiger partial charge on any atom is 0.246 e. The minimum Gasteiger partial charge on any atom is -0.339 e. The molecule has 1 aromatic carbocycles. The Morgan fingerprint density at radius 1 is 1.58 bits per heavy atom. The average Bonchev–Trinajstić information content (AvgIpc) is 2.85. The highest BCUT2D eigenvalue weighted by atomic mass is 19.1. The number of amides is 1. The van der Waals surface area contributed by atoms with Crippen LogP contribution in [0.2, 0.25) is 0 Å². The highest BCUT2D eigenvalue weighted by molar-refractivity contribution is 5.91. The number of carbonyl (C=O) groups is 1. The Balaban J connectivity index is 1.91. The van der Waals surface area contributed by atoms with Gasteiger partial charge >= 0.3 is 0 Å². The van der Waals surface area contributed by atoms with E-state index in [1.807, 2.05) is 11.9 Å². The molecule has 0 aromatic heterocycles. The van der Waals surface area contributed by atoms with Gasteiger partial charge in [0.2, 0.25) is 5.91 Å². The van der Waals surface area contributed by atoms with Crippen molar-refractivity contribution >= 4 is 12.0 Å². The first-order valence-corrected chi connectivity index (χ1v) is 6.56. The molecular weight excluding hydrogens is 243 g/mol. The molecule has 1 aliphatic heterocycles. The summed E-state index contributed by atoms with van der Waals surface area (Å²) in [6, 6.07) is 6.22. The van der Waals surface area contributed by atoms with Gasteiger partial charge in [0.15, 0.2) is 0 Å². The molecule has 1 aromatic rings. The molecule has 1 heterocycles. The van der Waals surface area contributed by atoms with Gasteiger partial charge in [0.05, 0.1) is 0 Å². The molecule has 1 aliphatic rings. The molecule has 2 rings (SSSR count). The predicted octanol–water partition coefficient (Wildman–Crippen LogP) is 1.91. The maximum atomic E-state index is 13.0. The number of carbonyl (C=O) groups excluding carboxylic acids is 1. The molecule has 3 nitrogen and oxygen atoms in total. The number of halogens is 1. The summed E-state index contributed by atoms with van der Waals surface area (Å²) in [7, 11) is 1.92. The quantitative estimate of drug-likeness (QED) is 0.841. The number of rotatable bonds is 4. The number of likely N-dealkylation sites (tertiary alicyclic amines) is 1. The zero-order valence-electron chi connectivity index (χ0n) is 11.1. The summed E-state index contributed by atoms with van der Waals surface area (Å²) in [6.45, 7) is 2.54. The lowest BCUT2D eigenvalue weighted by atomic mass is 10.1. The van der Waals surface area contributed by atoms with Crippen LogP contribution in [-0.2, 0) is 4.79 Å². The highest BCUT2D eigenvalue weighted by Gasteiger charge is 2.24. The van der Waals surface area contributed by atoms with Crippen molar-refractivity contribution in [1.82, 2.24) is 10.2 Å². The van der Waals surface area contributed by atoms with Crippen molar-refractivity contribution in [3.63, 3.8) is 0 Å². The standard InChI is InChI=1S/C15H19FN2O/c1-17-10-13-7-8-18(11-13)15(19)6-5-12-3-2-4-14(16)9-12/h2-6,9,13,17H,7-8,10-11H2,1H3/b6-5+. The summed E-state index contributed by atoms with van der Waals surface area (Å²) >= 11 is 0. The Morgan fingerprint density at radius 2 is 2.42 bits per heavy atom. The number of nitrogens with zero attached hydrogens (tertiary/aromatic N) is 1. The van der Waals surface area contributed by atoms with Crippen LogP contribution in [0.4, 0.5) is 4.39 Å². The van der Waals surface area contributed by atoms with Gasteiger partial charge < -0.3 is 10.2 Å². The van der Waals surface area contributed by atoms with Gasteiger partial charge in [0.1, 0.15) is 5.82 Å². The van der Waals surface area contributed by atoms with Gasteiger partial charge in [-0.1, -0.05) is 12.1 Å². The van der Waals surface area contributed by atoms with Crippen molar-refractivity contribution in [3.8, 4) is 0 Å². The summed E-state index contributed by atoms with van der Waals surface area (Å²) in [5, 5.41) is 3.14. The van der Waals surface area contributed by atoms with E-state index in [9.17, 15) is 9.18 Å². The minimum absolute atomic E-state index is 0.00265. The SMILES string of the molecule is CNCC1CCN(C(=O)/C=C/c2cccc(F)c2)C1. The molecule has 0 aliphatic carbocycles. The molecule has 0 saturated carbocycles. The third-order valence-electron chi connectivity index (χ3n) is 3.36. The Kier molecular flexibility index (Phi) is 4.68. The molecule has 1 fully saturated rings. The summed E-state index contributed by atoms with van der Waals surface area (Å²) in [4.78, 5) is 13.8. The molecule has 1 saturated heterocycles. The zero-order chi connectivity index (χ0) is 13.7. The van der Waals surface area contributed by atoms with Crippen LogP contribution in [-0.4, -0.2) is 37.5 Å². The van der Waals surface area contributed by atoms with E-state index in [2.05, 4.69) is 5.32 Å². The molecule has 4 heteroatoms. The molecule has 19 heavy (non-hydrogen) atoms. The average molecular weight is 262 g/mol. The van der Waals surface area contributed by atoms with Gasteiger partial charge in [-0.2, -0.15) is 0 Å². The zero-order valence-corrected chi connectivity index (χ0v) is 11.1. The fraction of sp³-hybridized carbons (Fsp3) is 0.400. The topological polar surface area (TPSA) is 32.3 Å². The van der Waals surface area contributed by atoms with Crippen molar-refractivity contribution in [2.45, 2.75) is 6.42 Å². The molecule has 0 radical (unpaired) electrons. The van der Waals surface area contributed by atoms with Gasteiger partial charge in [-0.25, -0.2) is 4.39 Å². The Bertz CT molecular complexity index is 473. The van der Waals surface area contributed by atoms with E-state index in [1.54, 1.807) is 18.2 Å². The molecule has 1 atom stereocenters. The van der Waals surface area contributed by atoms with Crippen molar-refractivity contribution in [2.75, 3.05) is 26.7 Å². The van der Waals surface area contributed by atoms with E-state index in [0.717, 1.165) is 26.1 Å². The Labute approximate surface area is 113 Å². The smallest absolute Gasteiger partial charge is 0.246 e. The lowest BCUT2D eigenvalue weighted by Crippen LogP contribution is -2.28. The second-order valence-electron chi connectivity index (χ2n) is 4.88. The first-order valence-electron chi connectivity index (χ1n) is 6.56. The fourth-order valence-corrected chi connectivity index (χ4v) is 2.37. The van der Waals surface area contributed by atoms with Crippen LogP contribution in [0.1, 0.15) is 12.0 Å². The van der Waals surface area contributed by atoms with Crippen LogP contribution < -0.4 is 5.32 Å². The van der Waals surface area contributed by atoms with Crippen LogP contribution in [0.25, 0.3) is 6.08 Å². The molecule has 0 spiro atoms. The second-order valence-corrected chi connectivity index (χ2v) is 4.88. The first-order chi connectivity index (χ1) is 9.19. The predicted molar refractivity (Wildman–Crippen MR) is 74.0 cm³/mol. The first kappa shape index (κ1) is 13.7. The number of nitrogens with one attached hydrogen (secondary N) is 1. The summed E-state index contributed by atoms with van der Waals surface area (Å²) in [5.74, 6) is 0.254. The van der Waals surface area contributed by atoms with E-state index in [-0.39, 0.29) is 11.7 Å². The number of hydrogen-bond acceptors (Lipinski definition) is 2. The summed E-state index contributed by atoms with van der Waals surface area (Å²) < 4.78 is 13.0. The third kappa shape index (κ3) is 3.89. The van der Waals surface area contributed by atoms with Crippen LogP contribution in [0.5, 0.6) is 0 Å². The van der Waals surface area contributed by atoms with Crippen molar-refractivity contribution in [2.24, 2.45) is 5.92 Å². The summed E-state index contributed by atoms with van der Waals surface area (Å²) in [6.07, 6.45) is 4.23. The molecule has 102 valence electrons. The van der Waals surface area contributed by atoms with Gasteiger partial charge in [-0.05, 0) is 49.7 Å². The molecule has 0 bridgehead atoms. The fourth-order valence-electron chi connectivity index (χ4n) is 2.37. The van der Waals surface area contributed by atoms with E-state index in [1.165, 1.54) is 18.2 Å². The number of benzene rings is 1. The van der Waals surface area contributed by atoms with E-state index < -0.39 is 0 Å². The molecule has 1 N–H and O–H groups in total. The summed E-state index contributed by atoms with van der Waals surface area (Å²) in [5.41, 5.74) is 0.708. The second kappa shape index (κ2) is 6.48. The maximum absolute atomic E-state index is 13.0. The van der Waals surface area contributed by atoms with E-state index >= 15 is 0 Å². The van der Waals surface area contributed by atoms with Crippen LogP contribution >= 0.6 is 0 Å². The van der Waals surface area contributed by atoms with Gasteiger partial charge in [0, 0.05) is 19.2 Å². The van der Waals surface area contributed by atoms with Crippen molar-refractivity contribution < 1.29 is 9.18 Å². The van der Waals surface area contributed by atoms with Gasteiger partial charge in [-0.15, -0.1) is 0 Å². The highest BCUT2D eigenvalue weighted by Crippen LogP contribution is 2.16. The molecule has 1 unspecified atom stereocenters. The van der Waals surface area contributed by atoms with Crippen LogP contribution in [0.15, 0.2) is 30.3 Å². The monoisotopic (exact) mass is 262 g/mol. The van der Waals surface area contributed by atoms with E-state index in [4.69, 9.17) is 0 Å². The normalized spacial score (nSPS) is 19.3. The number of hydrogen-bond donors (Lipinski definition) is 1. The lowest BCUT2D eigenvalue weighted by molar-refractivity contribution is -0.125. The lowest BCUT2D eigenvalue weighted by Gasteiger charge is -2.14. The van der Waals surface area contributed by atoms with Crippen LogP contribution in [0.3, 0.4) is 0 Å². The Hall–Kier alpha value is -1.68. The third-order valence-corrected chi connectivity index (χ3v) is 3.36. The van der Waals surface area contributed by atoms with Gasteiger partial charge in [-0.3, -0.25) is 4.79 Å². The van der Waals surface area contributed by atoms with Crippen LogP contribution in [0, 0.1) is 11.7 Å². The minimum atomic E-state index is -0.287. The van der Waals surface area contributed by atoms with Crippen molar-refractivity contribution in [3.05, 3.63) is 41.7 Å². The molecule has 1 amide bonds. The van der Waals surface area contributed by atoms with Crippen molar-refractivity contribution in [1.29, 1.82) is 0 Å². The van der Waals surface area contributed by atoms with Gasteiger partial charge in [0.25, 0.3) is 0 Å².